The van der Waals surface area contributed by atoms with Crippen LogP contribution in [0, 0.1) is 12.7 Å². The van der Waals surface area contributed by atoms with E-state index in [4.69, 9.17) is 11.6 Å². The Balaban J connectivity index is 1.70. The van der Waals surface area contributed by atoms with Gasteiger partial charge in [-0.15, -0.1) is 10.2 Å². The molecule has 0 bridgehead atoms. The number of hydrogen-bond donors (Lipinski definition) is 1. The summed E-state index contributed by atoms with van der Waals surface area (Å²) in [6.45, 7) is 3.65. The van der Waals surface area contributed by atoms with Crippen molar-refractivity contribution in [2.45, 2.75) is 24.3 Å². The Bertz CT molecular complexity index is 1260. The topological polar surface area (TPSA) is 72.7 Å². The number of thioether (sulfide) groups is 1. The van der Waals surface area contributed by atoms with Gasteiger partial charge in [0.1, 0.15) is 5.82 Å². The molecule has 6 nitrogen and oxygen atoms in total. The average Bonchev–Trinajstić information content (AvgIpc) is 3.21. The van der Waals surface area contributed by atoms with Crippen LogP contribution in [0.15, 0.2) is 72.1 Å². The van der Waals surface area contributed by atoms with Crippen molar-refractivity contribution in [3.63, 3.8) is 0 Å². The van der Waals surface area contributed by atoms with Gasteiger partial charge in [0.15, 0.2) is 11.0 Å². The summed E-state index contributed by atoms with van der Waals surface area (Å²) < 4.78 is 15.8. The Labute approximate surface area is 193 Å². The molecule has 162 valence electrons. The highest BCUT2D eigenvalue weighted by atomic mass is 35.5. The van der Waals surface area contributed by atoms with E-state index in [9.17, 15) is 9.18 Å². The summed E-state index contributed by atoms with van der Waals surface area (Å²) in [6, 6.07) is 15.3. The molecule has 32 heavy (non-hydrogen) atoms. The molecule has 4 rings (SSSR count). The first-order chi connectivity index (χ1) is 15.5. The predicted octanol–water partition coefficient (Wildman–Crippen LogP) is 5.55. The van der Waals surface area contributed by atoms with Gasteiger partial charge < -0.3 is 5.32 Å². The first-order valence-electron chi connectivity index (χ1n) is 9.79. The maximum atomic E-state index is 13.9. The number of para-hydroxylation sites is 1. The molecule has 2 aromatic heterocycles. The molecule has 2 aromatic carbocycles. The zero-order chi connectivity index (χ0) is 22.7. The van der Waals surface area contributed by atoms with Gasteiger partial charge in [-0.1, -0.05) is 41.6 Å². The summed E-state index contributed by atoms with van der Waals surface area (Å²) in [5.41, 5.74) is 2.62. The Kier molecular flexibility index (Phi) is 6.53. The van der Waals surface area contributed by atoms with Crippen molar-refractivity contribution in [2.75, 3.05) is 5.32 Å². The quantitative estimate of drug-likeness (QED) is 0.376. The number of halogens is 2. The molecule has 1 atom stereocenters. The van der Waals surface area contributed by atoms with Crippen LogP contribution in [0.1, 0.15) is 12.5 Å². The minimum atomic E-state index is -0.567. The van der Waals surface area contributed by atoms with Gasteiger partial charge in [-0.3, -0.25) is 14.3 Å². The monoisotopic (exact) mass is 467 g/mol. The molecule has 4 aromatic rings. The van der Waals surface area contributed by atoms with Crippen molar-refractivity contribution >= 4 is 35.0 Å². The van der Waals surface area contributed by atoms with E-state index in [0.717, 1.165) is 16.8 Å². The standard InChI is InChI=1S/C23H19ClFN5OS/c1-14-17(24)6-5-9-20(14)30-21(16-10-12-26-13-11-16)28-29-23(30)32-15(2)22(31)27-19-8-4-3-7-18(19)25/h3-13,15H,1-2H3,(H,27,31). The molecule has 0 radical (unpaired) electrons. The van der Waals surface area contributed by atoms with Crippen LogP contribution in [0.5, 0.6) is 0 Å². The molecule has 0 aliphatic rings. The second-order valence-electron chi connectivity index (χ2n) is 6.99. The molecule has 1 unspecified atom stereocenters. The third kappa shape index (κ3) is 4.51. The van der Waals surface area contributed by atoms with E-state index in [1.54, 1.807) is 31.5 Å². The first kappa shape index (κ1) is 22.0. The number of benzene rings is 2. The number of aromatic nitrogens is 4. The van der Waals surface area contributed by atoms with Crippen molar-refractivity contribution in [3.8, 4) is 17.1 Å². The maximum Gasteiger partial charge on any atom is 0.237 e. The van der Waals surface area contributed by atoms with E-state index in [1.807, 2.05) is 41.8 Å². The Morgan fingerprint density at radius 3 is 2.59 bits per heavy atom. The predicted molar refractivity (Wildman–Crippen MR) is 125 cm³/mol. The Morgan fingerprint density at radius 2 is 1.84 bits per heavy atom. The minimum Gasteiger partial charge on any atom is -0.323 e. The van der Waals surface area contributed by atoms with Crippen molar-refractivity contribution in [1.29, 1.82) is 0 Å². The van der Waals surface area contributed by atoms with Crippen LogP contribution >= 0.6 is 23.4 Å². The number of carbonyl (C=O) groups is 1. The van der Waals surface area contributed by atoms with Crippen LogP contribution in [0.2, 0.25) is 5.02 Å². The average molecular weight is 468 g/mol. The number of nitrogens with zero attached hydrogens (tertiary/aromatic N) is 4. The van der Waals surface area contributed by atoms with Crippen molar-refractivity contribution in [2.24, 2.45) is 0 Å². The van der Waals surface area contributed by atoms with E-state index in [0.29, 0.717) is 16.0 Å². The summed E-state index contributed by atoms with van der Waals surface area (Å²) >= 11 is 7.60. The number of carbonyl (C=O) groups excluding carboxylic acids is 1. The van der Waals surface area contributed by atoms with Crippen molar-refractivity contribution in [1.82, 2.24) is 19.7 Å². The molecule has 2 heterocycles. The minimum absolute atomic E-state index is 0.134. The van der Waals surface area contributed by atoms with Gasteiger partial charge in [0.25, 0.3) is 0 Å². The lowest BCUT2D eigenvalue weighted by Gasteiger charge is -2.16. The fourth-order valence-electron chi connectivity index (χ4n) is 3.10. The number of rotatable bonds is 6. The van der Waals surface area contributed by atoms with Gasteiger partial charge in [0, 0.05) is 23.0 Å². The van der Waals surface area contributed by atoms with E-state index in [1.165, 1.54) is 23.9 Å². The molecule has 0 spiro atoms. The molecule has 0 fully saturated rings. The fraction of sp³-hybridized carbons (Fsp3) is 0.130. The number of pyridine rings is 1. The third-order valence-electron chi connectivity index (χ3n) is 4.84. The molecule has 1 amide bonds. The maximum absolute atomic E-state index is 13.9. The molecule has 1 N–H and O–H groups in total. The third-order valence-corrected chi connectivity index (χ3v) is 6.29. The zero-order valence-corrected chi connectivity index (χ0v) is 18.9. The smallest absolute Gasteiger partial charge is 0.237 e. The van der Waals surface area contributed by atoms with Gasteiger partial charge in [-0.05, 0) is 55.8 Å². The molecule has 0 aliphatic heterocycles. The molecule has 0 saturated heterocycles. The molecule has 9 heteroatoms. The highest BCUT2D eigenvalue weighted by Gasteiger charge is 2.23. The molecular formula is C23H19ClFN5OS. The van der Waals surface area contributed by atoms with Crippen molar-refractivity contribution < 1.29 is 9.18 Å². The SMILES string of the molecule is Cc1c(Cl)cccc1-n1c(SC(C)C(=O)Nc2ccccc2F)nnc1-c1ccncc1. The van der Waals surface area contributed by atoms with Gasteiger partial charge >= 0.3 is 0 Å². The van der Waals surface area contributed by atoms with Crippen LogP contribution in [0.3, 0.4) is 0 Å². The lowest BCUT2D eigenvalue weighted by Crippen LogP contribution is -2.23. The van der Waals surface area contributed by atoms with Gasteiger partial charge in [-0.2, -0.15) is 0 Å². The second kappa shape index (κ2) is 9.50. The Morgan fingerprint density at radius 1 is 1.09 bits per heavy atom. The zero-order valence-electron chi connectivity index (χ0n) is 17.3. The highest BCUT2D eigenvalue weighted by Crippen LogP contribution is 2.33. The van der Waals surface area contributed by atoms with Crippen molar-refractivity contribution in [3.05, 3.63) is 83.4 Å². The second-order valence-corrected chi connectivity index (χ2v) is 8.71. The van der Waals surface area contributed by atoms with Crippen LogP contribution < -0.4 is 5.32 Å². The van der Waals surface area contributed by atoms with E-state index < -0.39 is 11.1 Å². The summed E-state index contributed by atoms with van der Waals surface area (Å²) in [5.74, 6) is -0.236. The summed E-state index contributed by atoms with van der Waals surface area (Å²) in [5, 5.41) is 11.9. The number of hydrogen-bond acceptors (Lipinski definition) is 5. The Hall–Kier alpha value is -3.23. The fourth-order valence-corrected chi connectivity index (χ4v) is 4.13. The molecular weight excluding hydrogens is 449 g/mol. The summed E-state index contributed by atoms with van der Waals surface area (Å²) in [6.07, 6.45) is 3.35. The van der Waals surface area contributed by atoms with Gasteiger partial charge in [0.2, 0.25) is 5.91 Å². The van der Waals surface area contributed by atoms with Gasteiger partial charge in [0.05, 0.1) is 16.6 Å². The summed E-state index contributed by atoms with van der Waals surface area (Å²) in [7, 11) is 0. The van der Waals surface area contributed by atoms with E-state index >= 15 is 0 Å². The number of anilines is 1. The lowest BCUT2D eigenvalue weighted by atomic mass is 10.2. The summed E-state index contributed by atoms with van der Waals surface area (Å²) in [4.78, 5) is 16.8. The van der Waals surface area contributed by atoms with E-state index in [-0.39, 0.29) is 11.6 Å². The highest BCUT2D eigenvalue weighted by molar-refractivity contribution is 8.00. The lowest BCUT2D eigenvalue weighted by molar-refractivity contribution is -0.115. The largest absolute Gasteiger partial charge is 0.323 e. The van der Waals surface area contributed by atoms with Crippen LogP contribution in [0.25, 0.3) is 17.1 Å². The van der Waals surface area contributed by atoms with Crippen LogP contribution in [-0.4, -0.2) is 30.9 Å². The van der Waals surface area contributed by atoms with Crippen LogP contribution in [0.4, 0.5) is 10.1 Å². The van der Waals surface area contributed by atoms with Crippen LogP contribution in [-0.2, 0) is 4.79 Å². The first-order valence-corrected chi connectivity index (χ1v) is 11.0. The van der Waals surface area contributed by atoms with E-state index in [2.05, 4.69) is 20.5 Å². The molecule has 0 aliphatic carbocycles. The normalized spacial score (nSPS) is 11.9. The number of nitrogens with one attached hydrogen (secondary N) is 1. The molecule has 0 saturated carbocycles. The van der Waals surface area contributed by atoms with Gasteiger partial charge in [-0.25, -0.2) is 4.39 Å². The number of amides is 1.